The molecular formula is C16H29N3. The molecule has 2 rings (SSSR count). The second-order valence-electron chi connectivity index (χ2n) is 6.36. The minimum atomic E-state index is 0.264. The van der Waals surface area contributed by atoms with E-state index in [4.69, 9.17) is 0 Å². The van der Waals surface area contributed by atoms with Crippen molar-refractivity contribution in [2.24, 2.45) is 5.92 Å². The van der Waals surface area contributed by atoms with Gasteiger partial charge in [0.15, 0.2) is 0 Å². The van der Waals surface area contributed by atoms with Gasteiger partial charge in [0.1, 0.15) is 0 Å². The summed E-state index contributed by atoms with van der Waals surface area (Å²) in [5.41, 5.74) is 0. The zero-order valence-electron chi connectivity index (χ0n) is 12.6. The van der Waals surface area contributed by atoms with Crippen molar-refractivity contribution in [1.82, 2.24) is 9.80 Å². The second-order valence-corrected chi connectivity index (χ2v) is 6.36. The summed E-state index contributed by atoms with van der Waals surface area (Å²) in [6.07, 6.45) is 8.69. The van der Waals surface area contributed by atoms with Crippen LogP contribution in [-0.4, -0.2) is 48.6 Å². The molecule has 0 aromatic carbocycles. The van der Waals surface area contributed by atoms with Crippen LogP contribution < -0.4 is 0 Å². The lowest BCUT2D eigenvalue weighted by molar-refractivity contribution is 0.0979. The topological polar surface area (TPSA) is 30.3 Å². The lowest BCUT2D eigenvalue weighted by Crippen LogP contribution is -2.48. The minimum absolute atomic E-state index is 0.264. The summed E-state index contributed by atoms with van der Waals surface area (Å²) in [5, 5.41) is 9.51. The van der Waals surface area contributed by atoms with Crippen molar-refractivity contribution in [3.63, 3.8) is 0 Å². The Balaban J connectivity index is 2.13. The van der Waals surface area contributed by atoms with E-state index in [9.17, 15) is 5.26 Å². The van der Waals surface area contributed by atoms with E-state index >= 15 is 0 Å². The molecule has 0 aromatic rings. The molecule has 2 aliphatic rings. The molecule has 2 fully saturated rings. The average Bonchev–Trinajstić information content (AvgIpc) is 2.75. The summed E-state index contributed by atoms with van der Waals surface area (Å²) in [6.45, 7) is 5.86. The standard InChI is InChI=1S/C16H29N3/c1-3-15-13-18(2)10-7-11-19(15)16-9-6-4-5-8-14(16)12-17/h14-16H,3-11,13H2,1-2H3. The zero-order valence-corrected chi connectivity index (χ0v) is 12.6. The Hall–Kier alpha value is -0.590. The summed E-state index contributed by atoms with van der Waals surface area (Å²) in [5.74, 6) is 0.264. The first-order valence-corrected chi connectivity index (χ1v) is 8.10. The van der Waals surface area contributed by atoms with Crippen LogP contribution in [0.1, 0.15) is 51.9 Å². The number of likely N-dealkylation sites (N-methyl/N-ethyl adjacent to an activating group) is 1. The molecule has 0 bridgehead atoms. The lowest BCUT2D eigenvalue weighted by atomic mass is 9.93. The first-order chi connectivity index (χ1) is 9.26. The van der Waals surface area contributed by atoms with Gasteiger partial charge in [-0.1, -0.05) is 26.2 Å². The highest BCUT2D eigenvalue weighted by molar-refractivity contribution is 4.97. The highest BCUT2D eigenvalue weighted by Gasteiger charge is 2.33. The summed E-state index contributed by atoms with van der Waals surface area (Å²) < 4.78 is 0. The van der Waals surface area contributed by atoms with Gasteiger partial charge in [0.05, 0.1) is 12.0 Å². The van der Waals surface area contributed by atoms with Crippen molar-refractivity contribution in [1.29, 1.82) is 5.26 Å². The first kappa shape index (κ1) is 14.8. The Morgan fingerprint density at radius 3 is 2.63 bits per heavy atom. The van der Waals surface area contributed by atoms with Crippen LogP contribution in [-0.2, 0) is 0 Å². The maximum atomic E-state index is 9.51. The maximum absolute atomic E-state index is 9.51. The average molecular weight is 263 g/mol. The predicted octanol–water partition coefficient (Wildman–Crippen LogP) is 2.87. The molecule has 0 spiro atoms. The van der Waals surface area contributed by atoms with Crippen LogP contribution in [0.15, 0.2) is 0 Å². The van der Waals surface area contributed by atoms with Gasteiger partial charge in [-0.3, -0.25) is 4.90 Å². The second kappa shape index (κ2) is 7.26. The first-order valence-electron chi connectivity index (χ1n) is 8.10. The summed E-state index contributed by atoms with van der Waals surface area (Å²) in [7, 11) is 2.24. The third kappa shape index (κ3) is 3.70. The molecule has 1 aliphatic carbocycles. The number of rotatable bonds is 2. The fourth-order valence-electron chi connectivity index (χ4n) is 3.90. The lowest BCUT2D eigenvalue weighted by Gasteiger charge is -2.38. The van der Waals surface area contributed by atoms with E-state index < -0.39 is 0 Å². The summed E-state index contributed by atoms with van der Waals surface area (Å²) >= 11 is 0. The predicted molar refractivity (Wildman–Crippen MR) is 78.9 cm³/mol. The van der Waals surface area contributed by atoms with Crippen LogP contribution >= 0.6 is 0 Å². The Kier molecular flexibility index (Phi) is 5.66. The quantitative estimate of drug-likeness (QED) is 0.718. The fraction of sp³-hybridized carbons (Fsp3) is 0.938. The van der Waals surface area contributed by atoms with Crippen molar-refractivity contribution in [2.75, 3.05) is 26.7 Å². The zero-order chi connectivity index (χ0) is 13.7. The van der Waals surface area contributed by atoms with Crippen molar-refractivity contribution in [2.45, 2.75) is 64.0 Å². The van der Waals surface area contributed by atoms with Crippen molar-refractivity contribution < 1.29 is 0 Å². The van der Waals surface area contributed by atoms with Crippen LogP contribution in [0.2, 0.25) is 0 Å². The molecule has 1 saturated carbocycles. The van der Waals surface area contributed by atoms with Gasteiger partial charge in [0, 0.05) is 25.2 Å². The highest BCUT2D eigenvalue weighted by atomic mass is 15.3. The molecule has 3 heteroatoms. The van der Waals surface area contributed by atoms with Gasteiger partial charge in [-0.2, -0.15) is 5.26 Å². The van der Waals surface area contributed by atoms with Gasteiger partial charge in [0.25, 0.3) is 0 Å². The van der Waals surface area contributed by atoms with E-state index in [1.54, 1.807) is 0 Å². The van der Waals surface area contributed by atoms with Crippen LogP contribution in [0.3, 0.4) is 0 Å². The number of nitrogens with zero attached hydrogens (tertiary/aromatic N) is 3. The van der Waals surface area contributed by atoms with Crippen molar-refractivity contribution >= 4 is 0 Å². The third-order valence-corrected chi connectivity index (χ3v) is 4.99. The summed E-state index contributed by atoms with van der Waals surface area (Å²) in [4.78, 5) is 5.16. The van der Waals surface area contributed by atoms with E-state index in [1.807, 2.05) is 0 Å². The summed E-state index contributed by atoms with van der Waals surface area (Å²) in [6, 6.07) is 3.77. The molecule has 3 unspecified atom stereocenters. The van der Waals surface area contributed by atoms with Crippen molar-refractivity contribution in [3.05, 3.63) is 0 Å². The molecule has 0 aromatic heterocycles. The normalized spacial score (nSPS) is 35.3. The fourth-order valence-corrected chi connectivity index (χ4v) is 3.90. The molecule has 0 amide bonds. The molecule has 1 heterocycles. The minimum Gasteiger partial charge on any atom is -0.305 e. The highest BCUT2D eigenvalue weighted by Crippen LogP contribution is 2.30. The number of hydrogen-bond donors (Lipinski definition) is 0. The number of nitriles is 1. The SMILES string of the molecule is CCC1CN(C)CCCN1C1CCCCCC1C#N. The van der Waals surface area contributed by atoms with Crippen LogP contribution in [0, 0.1) is 17.2 Å². The van der Waals surface area contributed by atoms with E-state index in [1.165, 1.54) is 58.2 Å². The third-order valence-electron chi connectivity index (χ3n) is 4.99. The Labute approximate surface area is 118 Å². The van der Waals surface area contributed by atoms with E-state index in [0.29, 0.717) is 12.1 Å². The molecule has 1 aliphatic heterocycles. The molecule has 108 valence electrons. The molecule has 3 nitrogen and oxygen atoms in total. The monoisotopic (exact) mass is 263 g/mol. The maximum Gasteiger partial charge on any atom is 0.0672 e. The molecular weight excluding hydrogens is 234 g/mol. The Morgan fingerprint density at radius 2 is 1.89 bits per heavy atom. The van der Waals surface area contributed by atoms with Gasteiger partial charge >= 0.3 is 0 Å². The molecule has 19 heavy (non-hydrogen) atoms. The molecule has 0 N–H and O–H groups in total. The molecule has 0 radical (unpaired) electrons. The molecule has 1 saturated heterocycles. The largest absolute Gasteiger partial charge is 0.305 e. The van der Waals surface area contributed by atoms with Gasteiger partial charge in [-0.05, 0) is 39.3 Å². The Bertz CT molecular complexity index is 310. The van der Waals surface area contributed by atoms with Crippen LogP contribution in [0.4, 0.5) is 0 Å². The Morgan fingerprint density at radius 1 is 1.11 bits per heavy atom. The molecule has 3 atom stereocenters. The van der Waals surface area contributed by atoms with Crippen LogP contribution in [0.25, 0.3) is 0 Å². The van der Waals surface area contributed by atoms with Crippen LogP contribution in [0.5, 0.6) is 0 Å². The number of hydrogen-bond acceptors (Lipinski definition) is 3. The van der Waals surface area contributed by atoms with E-state index in [-0.39, 0.29) is 5.92 Å². The van der Waals surface area contributed by atoms with E-state index in [2.05, 4.69) is 29.8 Å². The van der Waals surface area contributed by atoms with E-state index in [0.717, 1.165) is 6.42 Å². The van der Waals surface area contributed by atoms with Gasteiger partial charge in [-0.25, -0.2) is 0 Å². The van der Waals surface area contributed by atoms with Crippen molar-refractivity contribution in [3.8, 4) is 6.07 Å². The van der Waals surface area contributed by atoms with Gasteiger partial charge in [0.2, 0.25) is 0 Å². The van der Waals surface area contributed by atoms with Gasteiger partial charge in [-0.15, -0.1) is 0 Å². The van der Waals surface area contributed by atoms with Gasteiger partial charge < -0.3 is 4.90 Å². The smallest absolute Gasteiger partial charge is 0.0672 e.